The fourth-order valence-corrected chi connectivity index (χ4v) is 0.878. The third-order valence-corrected chi connectivity index (χ3v) is 1.61. The summed E-state index contributed by atoms with van der Waals surface area (Å²) in [6.07, 6.45) is -3.66. The van der Waals surface area contributed by atoms with Crippen molar-refractivity contribution in [2.24, 2.45) is 5.73 Å². The van der Waals surface area contributed by atoms with E-state index < -0.39 is 30.5 Å². The quantitative estimate of drug-likeness (QED) is 0.665. The van der Waals surface area contributed by atoms with Gasteiger partial charge in [-0.2, -0.15) is 13.2 Å². The summed E-state index contributed by atoms with van der Waals surface area (Å²) in [5.41, 5.74) is 5.28. The summed E-state index contributed by atoms with van der Waals surface area (Å²) < 4.78 is 35.0. The van der Waals surface area contributed by atoms with Crippen LogP contribution >= 0.6 is 0 Å². The number of hydrogen-bond donors (Lipinski definition) is 2. The van der Waals surface area contributed by atoms with Crippen LogP contribution in [0.4, 0.5) is 13.2 Å². The van der Waals surface area contributed by atoms with Crippen molar-refractivity contribution in [3.8, 4) is 0 Å². The normalized spacial score (nSPS) is 13.4. The van der Waals surface area contributed by atoms with E-state index in [1.165, 1.54) is 5.32 Å². The molecule has 88 valence electrons. The van der Waals surface area contributed by atoms with Crippen molar-refractivity contribution < 1.29 is 22.8 Å². The van der Waals surface area contributed by atoms with Crippen LogP contribution in [0, 0.1) is 0 Å². The second kappa shape index (κ2) is 5.69. The molecule has 0 saturated carbocycles. The fourth-order valence-electron chi connectivity index (χ4n) is 0.878. The number of nitrogens with two attached hydrogens (primary N) is 1. The van der Waals surface area contributed by atoms with Crippen LogP contribution < -0.4 is 11.1 Å². The minimum Gasteiger partial charge on any atom is -0.340 e. The third-order valence-electron chi connectivity index (χ3n) is 1.61. The Labute approximate surface area is 85.0 Å². The molecule has 0 aliphatic heterocycles. The van der Waals surface area contributed by atoms with Crippen LogP contribution in [0.25, 0.3) is 0 Å². The monoisotopic (exact) mass is 226 g/mol. The average Bonchev–Trinajstić information content (AvgIpc) is 2.12. The molecule has 0 rings (SSSR count). The van der Waals surface area contributed by atoms with Gasteiger partial charge < -0.3 is 11.1 Å². The number of nitrogens with one attached hydrogen (secondary N) is 1. The van der Waals surface area contributed by atoms with E-state index in [4.69, 9.17) is 5.73 Å². The average molecular weight is 226 g/mol. The predicted octanol–water partition coefficient (Wildman–Crippen LogP) is 0.361. The van der Waals surface area contributed by atoms with Crippen molar-refractivity contribution in [1.82, 2.24) is 5.32 Å². The Morgan fingerprint density at radius 3 is 2.33 bits per heavy atom. The molecule has 7 heteroatoms. The smallest absolute Gasteiger partial charge is 0.340 e. The van der Waals surface area contributed by atoms with Crippen LogP contribution in [0.3, 0.4) is 0 Å². The van der Waals surface area contributed by atoms with Gasteiger partial charge in [0.1, 0.15) is 6.54 Å². The third kappa shape index (κ3) is 6.05. The highest BCUT2D eigenvalue weighted by Gasteiger charge is 2.30. The summed E-state index contributed by atoms with van der Waals surface area (Å²) in [6.45, 7) is 0.233. The molecule has 0 aromatic carbocycles. The van der Waals surface area contributed by atoms with Gasteiger partial charge >= 0.3 is 6.18 Å². The first-order valence-electron chi connectivity index (χ1n) is 4.42. The van der Waals surface area contributed by atoms with Crippen molar-refractivity contribution in [2.45, 2.75) is 32.0 Å². The van der Waals surface area contributed by atoms with Gasteiger partial charge in [-0.05, 0) is 6.42 Å². The van der Waals surface area contributed by atoms with Crippen LogP contribution in [0.15, 0.2) is 0 Å². The number of carbonyl (C=O) groups excluding carboxylic acids is 2. The van der Waals surface area contributed by atoms with Crippen LogP contribution in [-0.4, -0.2) is 30.5 Å². The SMILES string of the molecule is CCCC(N)C(=O)C(=O)NCC(F)(F)F. The van der Waals surface area contributed by atoms with E-state index in [2.05, 4.69) is 0 Å². The number of alkyl halides is 3. The lowest BCUT2D eigenvalue weighted by molar-refractivity contribution is -0.146. The second-order valence-electron chi connectivity index (χ2n) is 3.06. The molecule has 0 fully saturated rings. The van der Waals surface area contributed by atoms with E-state index in [1.54, 1.807) is 6.92 Å². The number of ketones is 1. The number of halogens is 3. The summed E-state index contributed by atoms with van der Waals surface area (Å²) >= 11 is 0. The Hall–Kier alpha value is -1.11. The zero-order valence-corrected chi connectivity index (χ0v) is 8.23. The molecule has 0 aromatic heterocycles. The number of rotatable bonds is 5. The Balaban J connectivity index is 4.05. The molecule has 0 aliphatic carbocycles. The van der Waals surface area contributed by atoms with Crippen molar-refractivity contribution in [1.29, 1.82) is 0 Å². The topological polar surface area (TPSA) is 72.2 Å². The molecule has 1 amide bonds. The molecule has 4 nitrogen and oxygen atoms in total. The fraction of sp³-hybridized carbons (Fsp3) is 0.750. The Morgan fingerprint density at radius 2 is 1.93 bits per heavy atom. The minimum absolute atomic E-state index is 0.276. The number of hydrogen-bond acceptors (Lipinski definition) is 3. The van der Waals surface area contributed by atoms with Crippen LogP contribution in [0.2, 0.25) is 0 Å². The predicted molar refractivity (Wildman–Crippen MR) is 47.0 cm³/mol. The first-order chi connectivity index (χ1) is 6.78. The molecule has 0 aromatic rings. The zero-order chi connectivity index (χ0) is 12.1. The van der Waals surface area contributed by atoms with E-state index in [0.29, 0.717) is 6.42 Å². The van der Waals surface area contributed by atoms with Crippen LogP contribution in [-0.2, 0) is 9.59 Å². The first kappa shape index (κ1) is 13.9. The molecule has 1 atom stereocenters. The van der Waals surface area contributed by atoms with E-state index in [9.17, 15) is 22.8 Å². The molecule has 0 aliphatic rings. The van der Waals surface area contributed by atoms with Gasteiger partial charge in [-0.1, -0.05) is 13.3 Å². The van der Waals surface area contributed by atoms with Gasteiger partial charge in [0.05, 0.1) is 6.04 Å². The molecule has 0 spiro atoms. The van der Waals surface area contributed by atoms with E-state index >= 15 is 0 Å². The largest absolute Gasteiger partial charge is 0.405 e. The molecule has 3 N–H and O–H groups in total. The van der Waals surface area contributed by atoms with Gasteiger partial charge in [0.15, 0.2) is 0 Å². The standard InChI is InChI=1S/C8H13F3N2O2/c1-2-3-5(12)6(14)7(15)13-4-8(9,10)11/h5H,2-4,12H2,1H3,(H,13,15). The van der Waals surface area contributed by atoms with Crippen molar-refractivity contribution in [3.05, 3.63) is 0 Å². The molecule has 0 radical (unpaired) electrons. The Kier molecular flexibility index (Phi) is 5.27. The molecule has 15 heavy (non-hydrogen) atoms. The summed E-state index contributed by atoms with van der Waals surface area (Å²) in [4.78, 5) is 21.9. The summed E-state index contributed by atoms with van der Waals surface area (Å²) in [5, 5.41) is 1.47. The minimum atomic E-state index is -4.52. The molecular weight excluding hydrogens is 213 g/mol. The summed E-state index contributed by atoms with van der Waals surface area (Å²) in [7, 11) is 0. The highest BCUT2D eigenvalue weighted by Crippen LogP contribution is 2.12. The van der Waals surface area contributed by atoms with E-state index in [1.807, 2.05) is 0 Å². The lowest BCUT2D eigenvalue weighted by atomic mass is 10.1. The van der Waals surface area contributed by atoms with Gasteiger partial charge in [0, 0.05) is 0 Å². The summed E-state index contributed by atoms with van der Waals surface area (Å²) in [6, 6.07) is -1.02. The van der Waals surface area contributed by atoms with Crippen molar-refractivity contribution in [2.75, 3.05) is 6.54 Å². The van der Waals surface area contributed by atoms with Crippen molar-refractivity contribution >= 4 is 11.7 Å². The van der Waals surface area contributed by atoms with E-state index in [-0.39, 0.29) is 6.42 Å². The molecule has 0 bridgehead atoms. The number of amides is 1. The van der Waals surface area contributed by atoms with Gasteiger partial charge in [0.2, 0.25) is 5.78 Å². The maximum absolute atomic E-state index is 11.7. The Morgan fingerprint density at radius 1 is 1.40 bits per heavy atom. The number of Topliss-reactive ketones (excluding diaryl/α,β-unsaturated/α-hetero) is 1. The van der Waals surface area contributed by atoms with Gasteiger partial charge in [0.25, 0.3) is 5.91 Å². The van der Waals surface area contributed by atoms with Crippen molar-refractivity contribution in [3.63, 3.8) is 0 Å². The lowest BCUT2D eigenvalue weighted by Crippen LogP contribution is -2.45. The van der Waals surface area contributed by atoms with Gasteiger partial charge in [-0.3, -0.25) is 9.59 Å². The Bertz CT molecular complexity index is 241. The molecular formula is C8H13F3N2O2. The first-order valence-corrected chi connectivity index (χ1v) is 4.42. The maximum Gasteiger partial charge on any atom is 0.405 e. The van der Waals surface area contributed by atoms with Crippen LogP contribution in [0.5, 0.6) is 0 Å². The highest BCUT2D eigenvalue weighted by atomic mass is 19.4. The molecule has 1 unspecified atom stereocenters. The highest BCUT2D eigenvalue weighted by molar-refractivity contribution is 6.38. The summed E-state index contributed by atoms with van der Waals surface area (Å²) in [5.74, 6) is -2.30. The zero-order valence-electron chi connectivity index (χ0n) is 8.23. The number of carbonyl (C=O) groups is 2. The second-order valence-corrected chi connectivity index (χ2v) is 3.06. The van der Waals surface area contributed by atoms with Gasteiger partial charge in [-0.15, -0.1) is 0 Å². The van der Waals surface area contributed by atoms with Gasteiger partial charge in [-0.25, -0.2) is 0 Å². The van der Waals surface area contributed by atoms with Crippen LogP contribution in [0.1, 0.15) is 19.8 Å². The van der Waals surface area contributed by atoms with E-state index in [0.717, 1.165) is 0 Å². The maximum atomic E-state index is 11.7. The lowest BCUT2D eigenvalue weighted by Gasteiger charge is -2.10. The molecule has 0 saturated heterocycles. The molecule has 0 heterocycles.